The van der Waals surface area contributed by atoms with E-state index in [4.69, 9.17) is 11.5 Å². The van der Waals surface area contributed by atoms with Crippen molar-refractivity contribution in [1.82, 2.24) is 0 Å². The normalized spacial score (nSPS) is 20.8. The number of rotatable bonds is 4. The molecule has 0 radical (unpaired) electrons. The molecule has 3 nitrogen and oxygen atoms in total. The van der Waals surface area contributed by atoms with Gasteiger partial charge in [0.2, 0.25) is 5.91 Å². The van der Waals surface area contributed by atoms with E-state index in [-0.39, 0.29) is 11.8 Å². The highest BCUT2D eigenvalue weighted by molar-refractivity contribution is 5.76. The molecule has 1 aliphatic carbocycles. The van der Waals surface area contributed by atoms with Crippen molar-refractivity contribution >= 4 is 5.91 Å². The van der Waals surface area contributed by atoms with Crippen LogP contribution in [0.15, 0.2) is 0 Å². The predicted octanol–water partition coefficient (Wildman–Crippen LogP) is 0.237. The van der Waals surface area contributed by atoms with Crippen molar-refractivity contribution in [3.8, 4) is 0 Å². The molecular formula is C8H16N2O. The van der Waals surface area contributed by atoms with Crippen LogP contribution in [0.1, 0.15) is 25.7 Å². The van der Waals surface area contributed by atoms with Crippen LogP contribution in [0.2, 0.25) is 0 Å². The molecule has 1 aliphatic rings. The quantitative estimate of drug-likeness (QED) is 0.612. The maximum absolute atomic E-state index is 10.7. The third-order valence-electron chi connectivity index (χ3n) is 2.53. The summed E-state index contributed by atoms with van der Waals surface area (Å²) in [5.74, 6) is 0.399. The van der Waals surface area contributed by atoms with Crippen molar-refractivity contribution in [1.29, 1.82) is 0 Å². The Kier molecular flexibility index (Phi) is 2.88. The van der Waals surface area contributed by atoms with Gasteiger partial charge in [-0.1, -0.05) is 19.3 Å². The SMILES string of the molecule is NCC(CC1CCC1)C(N)=O. The molecule has 1 atom stereocenters. The monoisotopic (exact) mass is 156 g/mol. The van der Waals surface area contributed by atoms with E-state index in [9.17, 15) is 4.79 Å². The molecule has 0 aromatic rings. The molecule has 0 spiro atoms. The van der Waals surface area contributed by atoms with E-state index in [0.717, 1.165) is 12.3 Å². The first-order chi connectivity index (χ1) is 5.24. The zero-order valence-electron chi connectivity index (χ0n) is 6.75. The van der Waals surface area contributed by atoms with Gasteiger partial charge < -0.3 is 11.5 Å². The van der Waals surface area contributed by atoms with Gasteiger partial charge >= 0.3 is 0 Å². The van der Waals surface area contributed by atoms with Gasteiger partial charge in [-0.15, -0.1) is 0 Å². The Morgan fingerprint density at radius 1 is 1.55 bits per heavy atom. The zero-order chi connectivity index (χ0) is 8.27. The molecule has 0 aromatic heterocycles. The topological polar surface area (TPSA) is 69.1 Å². The maximum atomic E-state index is 10.7. The summed E-state index contributed by atoms with van der Waals surface area (Å²) in [6.07, 6.45) is 4.72. The molecule has 0 saturated heterocycles. The summed E-state index contributed by atoms with van der Waals surface area (Å²) in [6, 6.07) is 0. The largest absolute Gasteiger partial charge is 0.369 e. The lowest BCUT2D eigenvalue weighted by Gasteiger charge is -2.27. The van der Waals surface area contributed by atoms with Crippen molar-refractivity contribution in [2.45, 2.75) is 25.7 Å². The standard InChI is InChI=1S/C8H16N2O/c9-5-7(8(10)11)4-6-2-1-3-6/h6-7H,1-5,9H2,(H2,10,11). The van der Waals surface area contributed by atoms with Crippen molar-refractivity contribution in [3.05, 3.63) is 0 Å². The second-order valence-electron chi connectivity index (χ2n) is 3.37. The van der Waals surface area contributed by atoms with Gasteiger partial charge in [0.25, 0.3) is 0 Å². The molecule has 0 aromatic carbocycles. The molecule has 0 aliphatic heterocycles. The summed E-state index contributed by atoms with van der Waals surface area (Å²) in [4.78, 5) is 10.7. The lowest BCUT2D eigenvalue weighted by molar-refractivity contribution is -0.122. The molecule has 1 unspecified atom stereocenters. The van der Waals surface area contributed by atoms with Crippen LogP contribution in [-0.2, 0) is 4.79 Å². The number of carbonyl (C=O) groups excluding carboxylic acids is 1. The van der Waals surface area contributed by atoms with E-state index in [1.54, 1.807) is 0 Å². The molecule has 1 amide bonds. The van der Waals surface area contributed by atoms with Gasteiger partial charge in [-0.3, -0.25) is 4.79 Å². The Labute approximate surface area is 67.1 Å². The molecular weight excluding hydrogens is 140 g/mol. The van der Waals surface area contributed by atoms with Crippen LogP contribution >= 0.6 is 0 Å². The molecule has 4 N–H and O–H groups in total. The Morgan fingerprint density at radius 2 is 2.18 bits per heavy atom. The Morgan fingerprint density at radius 3 is 2.45 bits per heavy atom. The molecule has 3 heteroatoms. The van der Waals surface area contributed by atoms with Crippen LogP contribution in [0.3, 0.4) is 0 Å². The number of amides is 1. The summed E-state index contributed by atoms with van der Waals surface area (Å²) in [6.45, 7) is 0.409. The lowest BCUT2D eigenvalue weighted by atomic mass is 9.79. The average molecular weight is 156 g/mol. The minimum Gasteiger partial charge on any atom is -0.369 e. The van der Waals surface area contributed by atoms with Gasteiger partial charge in [0.15, 0.2) is 0 Å². The Hall–Kier alpha value is -0.570. The summed E-state index contributed by atoms with van der Waals surface area (Å²) in [7, 11) is 0. The van der Waals surface area contributed by atoms with Gasteiger partial charge in [0, 0.05) is 6.54 Å². The molecule has 11 heavy (non-hydrogen) atoms. The van der Waals surface area contributed by atoms with Crippen molar-refractivity contribution < 1.29 is 4.79 Å². The van der Waals surface area contributed by atoms with E-state index in [1.165, 1.54) is 19.3 Å². The first kappa shape index (κ1) is 8.53. The van der Waals surface area contributed by atoms with E-state index in [2.05, 4.69) is 0 Å². The van der Waals surface area contributed by atoms with E-state index in [1.807, 2.05) is 0 Å². The van der Waals surface area contributed by atoms with Crippen LogP contribution in [0.5, 0.6) is 0 Å². The van der Waals surface area contributed by atoms with Crippen LogP contribution in [0.25, 0.3) is 0 Å². The highest BCUT2D eigenvalue weighted by Crippen LogP contribution is 2.31. The van der Waals surface area contributed by atoms with E-state index in [0.29, 0.717) is 6.54 Å². The molecule has 1 rings (SSSR count). The number of nitrogens with two attached hydrogens (primary N) is 2. The Bertz CT molecular complexity index is 143. The Balaban J connectivity index is 2.24. The second kappa shape index (κ2) is 3.72. The summed E-state index contributed by atoms with van der Waals surface area (Å²) < 4.78 is 0. The highest BCUT2D eigenvalue weighted by Gasteiger charge is 2.23. The fourth-order valence-corrected chi connectivity index (χ4v) is 1.46. The number of carbonyl (C=O) groups is 1. The number of hydrogen-bond donors (Lipinski definition) is 2. The highest BCUT2D eigenvalue weighted by atomic mass is 16.1. The molecule has 64 valence electrons. The van der Waals surface area contributed by atoms with Crippen LogP contribution in [-0.4, -0.2) is 12.5 Å². The van der Waals surface area contributed by atoms with Gasteiger partial charge in [0.1, 0.15) is 0 Å². The fraction of sp³-hybridized carbons (Fsp3) is 0.875. The average Bonchev–Trinajstić information content (AvgIpc) is 1.85. The van der Waals surface area contributed by atoms with E-state index < -0.39 is 0 Å². The predicted molar refractivity (Wildman–Crippen MR) is 43.7 cm³/mol. The fourth-order valence-electron chi connectivity index (χ4n) is 1.46. The zero-order valence-corrected chi connectivity index (χ0v) is 6.75. The smallest absolute Gasteiger partial charge is 0.221 e. The third-order valence-corrected chi connectivity index (χ3v) is 2.53. The lowest BCUT2D eigenvalue weighted by Crippen LogP contribution is -2.32. The molecule has 1 fully saturated rings. The minimum atomic E-state index is -0.237. The van der Waals surface area contributed by atoms with Crippen molar-refractivity contribution in [3.63, 3.8) is 0 Å². The summed E-state index contributed by atoms with van der Waals surface area (Å²) in [5.41, 5.74) is 10.6. The van der Waals surface area contributed by atoms with Crippen molar-refractivity contribution in [2.75, 3.05) is 6.54 Å². The van der Waals surface area contributed by atoms with E-state index >= 15 is 0 Å². The maximum Gasteiger partial charge on any atom is 0.221 e. The third kappa shape index (κ3) is 2.19. The van der Waals surface area contributed by atoms with Crippen LogP contribution in [0, 0.1) is 11.8 Å². The first-order valence-corrected chi connectivity index (χ1v) is 4.23. The molecule has 0 heterocycles. The second-order valence-corrected chi connectivity index (χ2v) is 3.37. The molecule has 1 saturated carbocycles. The van der Waals surface area contributed by atoms with Gasteiger partial charge in [-0.05, 0) is 12.3 Å². The van der Waals surface area contributed by atoms with Gasteiger partial charge in [-0.25, -0.2) is 0 Å². The van der Waals surface area contributed by atoms with Crippen molar-refractivity contribution in [2.24, 2.45) is 23.3 Å². The summed E-state index contributed by atoms with van der Waals surface area (Å²) >= 11 is 0. The first-order valence-electron chi connectivity index (χ1n) is 4.23. The number of hydrogen-bond acceptors (Lipinski definition) is 2. The van der Waals surface area contributed by atoms with Gasteiger partial charge in [0.05, 0.1) is 5.92 Å². The van der Waals surface area contributed by atoms with Crippen LogP contribution in [0.4, 0.5) is 0 Å². The minimum absolute atomic E-state index is 0.0831. The summed E-state index contributed by atoms with van der Waals surface area (Å²) in [5, 5.41) is 0. The van der Waals surface area contributed by atoms with Crippen LogP contribution < -0.4 is 11.5 Å². The number of primary amides is 1. The molecule has 0 bridgehead atoms. The van der Waals surface area contributed by atoms with Gasteiger partial charge in [-0.2, -0.15) is 0 Å².